The van der Waals surface area contributed by atoms with Crippen molar-refractivity contribution >= 4 is 28.3 Å². The SMILES string of the molecule is COC(=O)c1c(NC(=O)NC2CCCCC2)sc(C)c1-c1ccccc1. The van der Waals surface area contributed by atoms with Gasteiger partial charge in [-0.15, -0.1) is 11.3 Å². The number of ether oxygens (including phenoxy) is 1. The van der Waals surface area contributed by atoms with E-state index in [0.717, 1.165) is 41.7 Å². The van der Waals surface area contributed by atoms with Gasteiger partial charge in [0.1, 0.15) is 10.6 Å². The fraction of sp³-hybridized carbons (Fsp3) is 0.400. The molecule has 2 N–H and O–H groups in total. The standard InChI is InChI=1S/C20H24N2O3S/c1-13-16(14-9-5-3-6-10-14)17(19(23)25-2)18(26-13)22-20(24)21-15-11-7-4-8-12-15/h3,5-6,9-10,15H,4,7-8,11-12H2,1-2H3,(H2,21,22,24). The third kappa shape index (κ3) is 4.07. The summed E-state index contributed by atoms with van der Waals surface area (Å²) in [6.07, 6.45) is 5.55. The molecular weight excluding hydrogens is 348 g/mol. The van der Waals surface area contributed by atoms with Crippen molar-refractivity contribution in [3.63, 3.8) is 0 Å². The maximum absolute atomic E-state index is 12.4. The molecule has 0 spiro atoms. The molecule has 1 aliphatic carbocycles. The molecule has 138 valence electrons. The molecule has 6 heteroatoms. The summed E-state index contributed by atoms with van der Waals surface area (Å²) >= 11 is 1.40. The Morgan fingerprint density at radius 3 is 2.46 bits per heavy atom. The Kier molecular flexibility index (Phi) is 5.93. The van der Waals surface area contributed by atoms with Crippen molar-refractivity contribution in [3.05, 3.63) is 40.8 Å². The second-order valence-corrected chi connectivity index (χ2v) is 7.75. The maximum Gasteiger partial charge on any atom is 0.341 e. The fourth-order valence-electron chi connectivity index (χ4n) is 3.45. The van der Waals surface area contributed by atoms with Gasteiger partial charge in [0.15, 0.2) is 0 Å². The molecule has 1 aliphatic rings. The van der Waals surface area contributed by atoms with E-state index in [2.05, 4.69) is 10.6 Å². The summed E-state index contributed by atoms with van der Waals surface area (Å²) in [5.74, 6) is -0.443. The Morgan fingerprint density at radius 1 is 1.12 bits per heavy atom. The van der Waals surface area contributed by atoms with Gasteiger partial charge >= 0.3 is 12.0 Å². The number of anilines is 1. The van der Waals surface area contributed by atoms with Crippen LogP contribution in [0.15, 0.2) is 30.3 Å². The molecule has 3 rings (SSSR count). The smallest absolute Gasteiger partial charge is 0.341 e. The summed E-state index contributed by atoms with van der Waals surface area (Å²) in [5, 5.41) is 6.43. The predicted molar refractivity (Wildman–Crippen MR) is 105 cm³/mol. The number of hydrogen-bond acceptors (Lipinski definition) is 4. The Balaban J connectivity index is 1.87. The number of carbonyl (C=O) groups is 2. The van der Waals surface area contributed by atoms with Crippen molar-refractivity contribution in [2.45, 2.75) is 45.1 Å². The number of urea groups is 1. The first-order valence-corrected chi connectivity index (χ1v) is 9.76. The number of aryl methyl sites for hydroxylation is 1. The Hall–Kier alpha value is -2.34. The van der Waals surface area contributed by atoms with Crippen molar-refractivity contribution in [2.75, 3.05) is 12.4 Å². The normalized spacial score (nSPS) is 14.7. The highest BCUT2D eigenvalue weighted by Gasteiger charge is 2.25. The number of hydrogen-bond donors (Lipinski definition) is 2. The van der Waals surface area contributed by atoms with E-state index in [-0.39, 0.29) is 12.1 Å². The van der Waals surface area contributed by atoms with Gasteiger partial charge < -0.3 is 10.1 Å². The van der Waals surface area contributed by atoms with E-state index < -0.39 is 5.97 Å². The zero-order chi connectivity index (χ0) is 18.5. The Morgan fingerprint density at radius 2 is 1.81 bits per heavy atom. The van der Waals surface area contributed by atoms with Crippen LogP contribution in [0.4, 0.5) is 9.80 Å². The van der Waals surface area contributed by atoms with Crippen molar-refractivity contribution in [2.24, 2.45) is 0 Å². The monoisotopic (exact) mass is 372 g/mol. The van der Waals surface area contributed by atoms with E-state index in [1.807, 2.05) is 37.3 Å². The predicted octanol–water partition coefficient (Wildman–Crippen LogP) is 4.96. The second-order valence-electron chi connectivity index (χ2n) is 6.53. The van der Waals surface area contributed by atoms with Gasteiger partial charge in [-0.1, -0.05) is 49.6 Å². The molecule has 2 amide bonds. The third-order valence-corrected chi connectivity index (χ3v) is 5.72. The zero-order valence-electron chi connectivity index (χ0n) is 15.1. The average molecular weight is 372 g/mol. The lowest BCUT2D eigenvalue weighted by atomic mass is 9.96. The summed E-state index contributed by atoms with van der Waals surface area (Å²) in [6.45, 7) is 1.95. The van der Waals surface area contributed by atoms with E-state index in [1.165, 1.54) is 24.9 Å². The number of benzene rings is 1. The molecule has 1 heterocycles. The van der Waals surface area contributed by atoms with Crippen LogP contribution in [0.1, 0.15) is 47.3 Å². The van der Waals surface area contributed by atoms with Gasteiger partial charge in [0.05, 0.1) is 7.11 Å². The third-order valence-electron chi connectivity index (χ3n) is 4.70. The van der Waals surface area contributed by atoms with Crippen molar-refractivity contribution in [1.29, 1.82) is 0 Å². The van der Waals surface area contributed by atoms with E-state index in [9.17, 15) is 9.59 Å². The summed E-state index contributed by atoms with van der Waals surface area (Å²) in [5.41, 5.74) is 2.16. The van der Waals surface area contributed by atoms with E-state index in [1.54, 1.807) is 0 Å². The van der Waals surface area contributed by atoms with Crippen LogP contribution in [0.3, 0.4) is 0 Å². The minimum atomic E-state index is -0.443. The molecular formula is C20H24N2O3S. The van der Waals surface area contributed by atoms with Crippen LogP contribution in [0.2, 0.25) is 0 Å². The van der Waals surface area contributed by atoms with Crippen molar-refractivity contribution < 1.29 is 14.3 Å². The van der Waals surface area contributed by atoms with E-state index in [0.29, 0.717) is 10.6 Å². The lowest BCUT2D eigenvalue weighted by Crippen LogP contribution is -2.39. The molecule has 1 saturated carbocycles. The first-order chi connectivity index (χ1) is 12.6. The largest absolute Gasteiger partial charge is 0.465 e. The lowest BCUT2D eigenvalue weighted by molar-refractivity contribution is 0.0603. The average Bonchev–Trinajstić information content (AvgIpc) is 2.98. The molecule has 0 atom stereocenters. The molecule has 0 saturated heterocycles. The molecule has 1 fully saturated rings. The minimum Gasteiger partial charge on any atom is -0.465 e. The van der Waals surface area contributed by atoms with Gasteiger partial charge in [0.2, 0.25) is 0 Å². The summed E-state index contributed by atoms with van der Waals surface area (Å²) < 4.78 is 4.98. The molecule has 2 aromatic rings. The van der Waals surface area contributed by atoms with Gasteiger partial charge in [-0.2, -0.15) is 0 Å². The van der Waals surface area contributed by atoms with Gasteiger partial charge in [-0.05, 0) is 25.3 Å². The van der Waals surface area contributed by atoms with E-state index >= 15 is 0 Å². The van der Waals surface area contributed by atoms with Gasteiger partial charge in [-0.3, -0.25) is 5.32 Å². The molecule has 0 radical (unpaired) electrons. The fourth-order valence-corrected chi connectivity index (χ4v) is 4.51. The molecule has 5 nitrogen and oxygen atoms in total. The number of esters is 1. The number of rotatable bonds is 4. The Labute approximate surface area is 157 Å². The van der Waals surface area contributed by atoms with Crippen LogP contribution in [0, 0.1) is 6.92 Å². The molecule has 26 heavy (non-hydrogen) atoms. The van der Waals surface area contributed by atoms with Gasteiger partial charge in [0, 0.05) is 16.5 Å². The van der Waals surface area contributed by atoms with Crippen LogP contribution < -0.4 is 10.6 Å². The Bertz CT molecular complexity index is 780. The van der Waals surface area contributed by atoms with E-state index in [4.69, 9.17) is 4.74 Å². The summed E-state index contributed by atoms with van der Waals surface area (Å²) in [6, 6.07) is 9.63. The first kappa shape index (κ1) is 18.5. The molecule has 1 aromatic heterocycles. The highest BCUT2D eigenvalue weighted by Crippen LogP contribution is 2.40. The first-order valence-electron chi connectivity index (χ1n) is 8.94. The number of carbonyl (C=O) groups excluding carboxylic acids is 2. The number of methoxy groups -OCH3 is 1. The minimum absolute atomic E-state index is 0.208. The second kappa shape index (κ2) is 8.36. The molecule has 1 aromatic carbocycles. The molecule has 0 unspecified atom stereocenters. The van der Waals surface area contributed by atoms with Crippen LogP contribution in [0.25, 0.3) is 11.1 Å². The van der Waals surface area contributed by atoms with Crippen LogP contribution in [0.5, 0.6) is 0 Å². The number of nitrogens with one attached hydrogen (secondary N) is 2. The zero-order valence-corrected chi connectivity index (χ0v) is 15.9. The van der Waals surface area contributed by atoms with Crippen molar-refractivity contribution in [3.8, 4) is 11.1 Å². The highest BCUT2D eigenvalue weighted by molar-refractivity contribution is 7.17. The number of amides is 2. The summed E-state index contributed by atoms with van der Waals surface area (Å²) in [7, 11) is 1.36. The summed E-state index contributed by atoms with van der Waals surface area (Å²) in [4.78, 5) is 25.8. The maximum atomic E-state index is 12.4. The van der Waals surface area contributed by atoms with Crippen molar-refractivity contribution in [1.82, 2.24) is 5.32 Å². The van der Waals surface area contributed by atoms with Crippen LogP contribution in [-0.2, 0) is 4.74 Å². The van der Waals surface area contributed by atoms with Crippen LogP contribution >= 0.6 is 11.3 Å². The topological polar surface area (TPSA) is 67.4 Å². The molecule has 0 bridgehead atoms. The highest BCUT2D eigenvalue weighted by atomic mass is 32.1. The van der Waals surface area contributed by atoms with Gasteiger partial charge in [-0.25, -0.2) is 9.59 Å². The lowest BCUT2D eigenvalue weighted by Gasteiger charge is -2.22. The molecule has 0 aliphatic heterocycles. The number of thiophene rings is 1. The van der Waals surface area contributed by atoms with Gasteiger partial charge in [0.25, 0.3) is 0 Å². The quantitative estimate of drug-likeness (QED) is 0.745. The van der Waals surface area contributed by atoms with Crippen LogP contribution in [-0.4, -0.2) is 25.2 Å².